The molecule has 0 spiro atoms. The lowest BCUT2D eigenvalue weighted by Gasteiger charge is -2.41. The molecule has 7 atom stereocenters. The van der Waals surface area contributed by atoms with Gasteiger partial charge < -0.3 is 35.2 Å². The number of rotatable bonds is 53. The smallest absolute Gasteiger partial charge is 0.394 e. The first-order chi connectivity index (χ1) is 35.0. The van der Waals surface area contributed by atoms with E-state index in [0.29, 0.717) is 6.42 Å². The average Bonchev–Trinajstić information content (AvgIpc) is 3.36. The van der Waals surface area contributed by atoms with Gasteiger partial charge in [0.2, 0.25) is 5.91 Å². The molecule has 7 unspecified atom stereocenters. The molecule has 1 saturated heterocycles. The normalized spacial score (nSPS) is 19.5. The zero-order chi connectivity index (χ0) is 52.6. The zero-order valence-corrected chi connectivity index (χ0v) is 47.1. The molecule has 1 aliphatic heterocycles. The number of aliphatic hydroxyl groups excluding tert-OH is 4. The second-order valence-corrected chi connectivity index (χ2v) is 22.3. The van der Waals surface area contributed by atoms with Gasteiger partial charge in [-0.1, -0.05) is 263 Å². The number of carbonyl (C=O) groups excluding carboxylic acids is 1. The fourth-order valence-corrected chi connectivity index (χ4v) is 10.3. The second kappa shape index (κ2) is 49.2. The molecule has 0 bridgehead atoms. The number of allylic oxidation sites excluding steroid dienone is 3. The predicted octanol–water partition coefficient (Wildman–Crippen LogP) is 14.4. The summed E-state index contributed by atoms with van der Waals surface area (Å²) in [6.45, 7) is 3.44. The zero-order valence-electron chi connectivity index (χ0n) is 46.3. The maximum Gasteiger partial charge on any atom is 0.397 e. The van der Waals surface area contributed by atoms with Gasteiger partial charge in [0.1, 0.15) is 24.4 Å². The number of amides is 1. The highest BCUT2D eigenvalue weighted by Gasteiger charge is 2.48. The van der Waals surface area contributed by atoms with Gasteiger partial charge in [-0.05, 0) is 44.9 Å². The molecule has 0 radical (unpaired) electrons. The Morgan fingerprint density at radius 1 is 0.542 bits per heavy atom. The van der Waals surface area contributed by atoms with Gasteiger partial charge in [-0.3, -0.25) is 9.35 Å². The Kier molecular flexibility index (Phi) is 46.8. The summed E-state index contributed by atoms with van der Waals surface area (Å²) in [7, 11) is -5.09. The summed E-state index contributed by atoms with van der Waals surface area (Å²) < 4.78 is 47.9. The quantitative estimate of drug-likeness (QED) is 0.0193. The Hall–Kier alpha value is -1.42. The molecule has 1 fully saturated rings. The van der Waals surface area contributed by atoms with Crippen molar-refractivity contribution in [2.75, 3.05) is 13.2 Å². The lowest BCUT2D eigenvalue weighted by molar-refractivity contribution is -0.298. The molecular weight excluding hydrogens is 931 g/mol. The van der Waals surface area contributed by atoms with E-state index in [1.54, 1.807) is 6.08 Å². The maximum absolute atomic E-state index is 13.1. The summed E-state index contributed by atoms with van der Waals surface area (Å²) in [6.07, 6.45) is 52.2. The Labute approximate surface area is 442 Å². The number of nitrogens with one attached hydrogen (secondary N) is 1. The topological polar surface area (TPSA) is 192 Å². The first-order valence-electron chi connectivity index (χ1n) is 30.2. The largest absolute Gasteiger partial charge is 0.397 e. The summed E-state index contributed by atoms with van der Waals surface area (Å²) in [6, 6.07) is -0.946. The fourth-order valence-electron chi connectivity index (χ4n) is 9.81. The van der Waals surface area contributed by atoms with Crippen molar-refractivity contribution in [3.8, 4) is 0 Å². The van der Waals surface area contributed by atoms with Crippen molar-refractivity contribution in [1.29, 1.82) is 0 Å². The Morgan fingerprint density at radius 3 is 1.25 bits per heavy atom. The predicted molar refractivity (Wildman–Crippen MR) is 296 cm³/mol. The minimum absolute atomic E-state index is 0.263. The first-order valence-corrected chi connectivity index (χ1v) is 31.6. The average molecular weight is 1040 g/mol. The van der Waals surface area contributed by atoms with Crippen molar-refractivity contribution >= 4 is 16.3 Å². The molecule has 0 saturated carbocycles. The lowest BCUT2D eigenvalue weighted by Crippen LogP contribution is -2.61. The van der Waals surface area contributed by atoms with Crippen molar-refractivity contribution in [1.82, 2.24) is 5.32 Å². The maximum atomic E-state index is 13.1. The van der Waals surface area contributed by atoms with Gasteiger partial charge >= 0.3 is 10.4 Å². The van der Waals surface area contributed by atoms with Crippen LogP contribution in [0.5, 0.6) is 0 Å². The molecule has 1 amide bonds. The molecular formula is C59H113NO11S. The SMILES string of the molecule is CCCCCCCCCCC/C=C\CCCCCCCCCC(=O)NC(COC1OC(CO)C(O)C(OS(=O)(=O)O)C1O)C(O)/C=C/CCCCCCCCCCCCCCCCCCCCCCCCC. The molecule has 72 heavy (non-hydrogen) atoms. The number of carbonyl (C=O) groups is 1. The van der Waals surface area contributed by atoms with E-state index in [9.17, 15) is 38.2 Å². The fraction of sp³-hybridized carbons (Fsp3) is 0.915. The summed E-state index contributed by atoms with van der Waals surface area (Å²) in [4.78, 5) is 13.1. The van der Waals surface area contributed by atoms with E-state index in [0.717, 1.165) is 44.9 Å². The minimum atomic E-state index is -5.09. The molecule has 12 nitrogen and oxygen atoms in total. The van der Waals surface area contributed by atoms with E-state index in [-0.39, 0.29) is 18.9 Å². The van der Waals surface area contributed by atoms with Gasteiger partial charge in [-0.25, -0.2) is 4.18 Å². The Balaban J connectivity index is 2.36. The Bertz CT molecular complexity index is 1370. The summed E-state index contributed by atoms with van der Waals surface area (Å²) >= 11 is 0. The second-order valence-electron chi connectivity index (χ2n) is 21.3. The molecule has 0 aliphatic carbocycles. The number of ether oxygens (including phenoxy) is 2. The standard InChI is InChI=1S/C59H113NO11S/c1-3-5-7-9-11-13-15-17-19-21-23-25-26-27-28-29-30-32-34-36-38-40-42-44-46-48-53(62)52(51-69-59-57(65)58(71-72(66,67)68)56(64)54(50-61)70-59)60-55(63)49-47-45-43-41-39-37-35-33-31-24-22-20-18-16-14-12-10-8-6-4-2/h24,31,46,48,52-54,56-59,61-62,64-65H,3-23,25-30,32-45,47,49-51H2,1-2H3,(H,60,63)(H,66,67,68)/b31-24-,48-46+. The van der Waals surface area contributed by atoms with Crippen LogP contribution < -0.4 is 5.32 Å². The third-order valence-corrected chi connectivity index (χ3v) is 14.9. The molecule has 0 aromatic heterocycles. The van der Waals surface area contributed by atoms with Gasteiger partial charge in [0, 0.05) is 6.42 Å². The van der Waals surface area contributed by atoms with Crippen LogP contribution >= 0.6 is 0 Å². The van der Waals surface area contributed by atoms with Crippen molar-refractivity contribution in [2.24, 2.45) is 0 Å². The number of unbranched alkanes of at least 4 members (excludes halogenated alkanes) is 39. The number of hydrogen-bond acceptors (Lipinski definition) is 10. The van der Waals surface area contributed by atoms with E-state index < -0.39 is 59.9 Å². The van der Waals surface area contributed by atoms with Crippen LogP contribution in [0.15, 0.2) is 24.3 Å². The van der Waals surface area contributed by atoms with Crippen molar-refractivity contribution in [3.63, 3.8) is 0 Å². The minimum Gasteiger partial charge on any atom is -0.394 e. The summed E-state index contributed by atoms with van der Waals surface area (Å²) in [5.74, 6) is -0.263. The highest BCUT2D eigenvalue weighted by Crippen LogP contribution is 2.26. The van der Waals surface area contributed by atoms with Crippen LogP contribution in [0.2, 0.25) is 0 Å². The van der Waals surface area contributed by atoms with Crippen LogP contribution in [-0.2, 0) is 28.9 Å². The number of hydrogen-bond donors (Lipinski definition) is 6. The van der Waals surface area contributed by atoms with E-state index in [1.165, 1.54) is 218 Å². The first kappa shape index (κ1) is 68.6. The monoisotopic (exact) mass is 1040 g/mol. The summed E-state index contributed by atoms with van der Waals surface area (Å²) in [5, 5.41) is 45.0. The van der Waals surface area contributed by atoms with Gasteiger partial charge in [0.25, 0.3) is 0 Å². The van der Waals surface area contributed by atoms with Crippen LogP contribution in [0.25, 0.3) is 0 Å². The lowest BCUT2D eigenvalue weighted by atomic mass is 9.99. The van der Waals surface area contributed by atoms with E-state index in [2.05, 4.69) is 35.5 Å². The van der Waals surface area contributed by atoms with E-state index in [1.807, 2.05) is 6.08 Å². The van der Waals surface area contributed by atoms with Gasteiger partial charge in [0.05, 0.1) is 25.4 Å². The van der Waals surface area contributed by atoms with Crippen LogP contribution in [0.1, 0.15) is 290 Å². The van der Waals surface area contributed by atoms with Crippen LogP contribution in [-0.4, -0.2) is 95.4 Å². The molecule has 426 valence electrons. The van der Waals surface area contributed by atoms with Gasteiger partial charge in [0.15, 0.2) is 6.29 Å². The molecule has 0 aromatic carbocycles. The van der Waals surface area contributed by atoms with Crippen molar-refractivity contribution < 1.29 is 51.8 Å². The van der Waals surface area contributed by atoms with Gasteiger partial charge in [-0.2, -0.15) is 8.42 Å². The van der Waals surface area contributed by atoms with Gasteiger partial charge in [-0.15, -0.1) is 0 Å². The molecule has 1 aliphatic rings. The highest BCUT2D eigenvalue weighted by atomic mass is 32.3. The third kappa shape index (κ3) is 40.8. The summed E-state index contributed by atoms with van der Waals surface area (Å²) in [5.41, 5.74) is 0. The van der Waals surface area contributed by atoms with Crippen LogP contribution in [0.3, 0.4) is 0 Å². The molecule has 6 N–H and O–H groups in total. The highest BCUT2D eigenvalue weighted by molar-refractivity contribution is 7.80. The van der Waals surface area contributed by atoms with E-state index >= 15 is 0 Å². The van der Waals surface area contributed by atoms with Crippen LogP contribution in [0.4, 0.5) is 0 Å². The molecule has 1 heterocycles. The molecule has 1 rings (SSSR count). The third-order valence-electron chi connectivity index (χ3n) is 14.5. The van der Waals surface area contributed by atoms with E-state index in [4.69, 9.17) is 9.47 Å². The molecule has 13 heteroatoms. The van der Waals surface area contributed by atoms with Crippen LogP contribution in [0, 0.1) is 0 Å². The molecule has 0 aromatic rings. The Morgan fingerprint density at radius 2 is 0.889 bits per heavy atom. The van der Waals surface area contributed by atoms with Crippen molar-refractivity contribution in [2.45, 2.75) is 333 Å². The van der Waals surface area contributed by atoms with Crippen molar-refractivity contribution in [3.05, 3.63) is 24.3 Å². The number of aliphatic hydroxyl groups is 4.